The van der Waals surface area contributed by atoms with Crippen molar-refractivity contribution >= 4 is 56.5 Å². The topological polar surface area (TPSA) is 66.5 Å². The fourth-order valence-electron chi connectivity index (χ4n) is 2.55. The minimum atomic E-state index is -0.458. The predicted molar refractivity (Wildman–Crippen MR) is 111 cm³/mol. The van der Waals surface area contributed by atoms with E-state index in [1.807, 2.05) is 50.2 Å². The number of thioether (sulfide) groups is 1. The number of aryl methyl sites for hydroxylation is 2. The van der Waals surface area contributed by atoms with Gasteiger partial charge in [0.1, 0.15) is 6.54 Å². The number of carbonyl (C=O) groups is 3. The lowest BCUT2D eigenvalue weighted by Gasteiger charge is -2.13. The van der Waals surface area contributed by atoms with Gasteiger partial charge >= 0.3 is 0 Å². The molecule has 0 unspecified atom stereocenters. The quantitative estimate of drug-likeness (QED) is 0.691. The molecule has 0 atom stereocenters. The highest BCUT2D eigenvalue weighted by Crippen LogP contribution is 2.32. The lowest BCUT2D eigenvalue weighted by atomic mass is 10.1. The van der Waals surface area contributed by atoms with Crippen LogP contribution in [0, 0.1) is 13.8 Å². The summed E-state index contributed by atoms with van der Waals surface area (Å²) in [5.74, 6) is -0.871. The summed E-state index contributed by atoms with van der Waals surface area (Å²) in [7, 11) is 0. The summed E-state index contributed by atoms with van der Waals surface area (Å²) in [5, 5.41) is 2.28. The van der Waals surface area contributed by atoms with Gasteiger partial charge in [-0.1, -0.05) is 34.1 Å². The van der Waals surface area contributed by atoms with Crippen LogP contribution < -0.4 is 5.32 Å². The van der Waals surface area contributed by atoms with Crippen molar-refractivity contribution in [3.8, 4) is 0 Å². The third-order valence-corrected chi connectivity index (χ3v) is 5.51. The molecule has 1 aliphatic rings. The zero-order chi connectivity index (χ0) is 19.6. The van der Waals surface area contributed by atoms with E-state index in [1.54, 1.807) is 12.1 Å². The van der Waals surface area contributed by atoms with Crippen LogP contribution in [-0.4, -0.2) is 28.5 Å². The van der Waals surface area contributed by atoms with E-state index in [4.69, 9.17) is 0 Å². The summed E-state index contributed by atoms with van der Waals surface area (Å²) >= 11 is 4.21. The summed E-state index contributed by atoms with van der Waals surface area (Å²) in [5.41, 5.74) is 3.61. The van der Waals surface area contributed by atoms with Crippen LogP contribution in [0.2, 0.25) is 0 Å². The lowest BCUT2D eigenvalue weighted by Crippen LogP contribution is -2.36. The molecule has 3 rings (SSSR count). The lowest BCUT2D eigenvalue weighted by molar-refractivity contribution is -0.127. The zero-order valence-electron chi connectivity index (χ0n) is 14.8. The standard InChI is InChI=1S/C20H17BrN2O3S/c1-12-6-7-16(8-13(12)2)22-18(24)11-23-19(25)17(27-20(23)26)10-14-4-3-5-15(21)9-14/h3-10H,11H2,1-2H3,(H,22,24)/b17-10+. The number of nitrogens with zero attached hydrogens (tertiary/aromatic N) is 1. The van der Waals surface area contributed by atoms with Crippen LogP contribution in [0.4, 0.5) is 10.5 Å². The summed E-state index contributed by atoms with van der Waals surface area (Å²) in [4.78, 5) is 38.2. The molecular formula is C20H17BrN2O3S. The van der Waals surface area contributed by atoms with Crippen LogP contribution in [0.5, 0.6) is 0 Å². The van der Waals surface area contributed by atoms with Crippen molar-refractivity contribution in [2.45, 2.75) is 13.8 Å². The second-order valence-corrected chi connectivity index (χ2v) is 8.08. The van der Waals surface area contributed by atoms with E-state index in [9.17, 15) is 14.4 Å². The summed E-state index contributed by atoms with van der Waals surface area (Å²) < 4.78 is 0.878. The third kappa shape index (κ3) is 4.67. The Balaban J connectivity index is 1.69. The maximum atomic E-state index is 12.5. The highest BCUT2D eigenvalue weighted by Gasteiger charge is 2.36. The van der Waals surface area contributed by atoms with Crippen LogP contribution >= 0.6 is 27.7 Å². The molecule has 1 N–H and O–H groups in total. The SMILES string of the molecule is Cc1ccc(NC(=O)CN2C(=O)S/C(=C/c3cccc(Br)c3)C2=O)cc1C. The van der Waals surface area contributed by atoms with Gasteiger partial charge in [0.2, 0.25) is 5.91 Å². The van der Waals surface area contributed by atoms with Gasteiger partial charge < -0.3 is 5.32 Å². The second-order valence-electron chi connectivity index (χ2n) is 6.17. The minimum absolute atomic E-state index is 0.303. The Kier molecular flexibility index (Phi) is 5.82. The van der Waals surface area contributed by atoms with Crippen LogP contribution in [0.25, 0.3) is 6.08 Å². The number of imide groups is 1. The van der Waals surface area contributed by atoms with Gasteiger partial charge in [-0.2, -0.15) is 0 Å². The molecule has 3 amide bonds. The fraction of sp³-hybridized carbons (Fsp3) is 0.150. The van der Waals surface area contributed by atoms with Crippen molar-refractivity contribution in [1.29, 1.82) is 0 Å². The smallest absolute Gasteiger partial charge is 0.294 e. The molecule has 2 aromatic rings. The first-order valence-electron chi connectivity index (χ1n) is 8.21. The van der Waals surface area contributed by atoms with E-state index in [1.165, 1.54) is 0 Å². The molecule has 138 valence electrons. The minimum Gasteiger partial charge on any atom is -0.325 e. The van der Waals surface area contributed by atoms with Crippen molar-refractivity contribution < 1.29 is 14.4 Å². The number of amides is 3. The van der Waals surface area contributed by atoms with Gasteiger partial charge in [-0.05, 0) is 72.6 Å². The summed E-state index contributed by atoms with van der Waals surface area (Å²) in [6.45, 7) is 3.63. The van der Waals surface area contributed by atoms with Crippen molar-refractivity contribution in [3.63, 3.8) is 0 Å². The molecule has 1 aliphatic heterocycles. The van der Waals surface area contributed by atoms with Crippen LogP contribution in [-0.2, 0) is 9.59 Å². The molecule has 0 aromatic heterocycles. The average Bonchev–Trinajstić information content (AvgIpc) is 2.86. The number of rotatable bonds is 4. The predicted octanol–water partition coefficient (Wildman–Crippen LogP) is 4.74. The molecule has 7 heteroatoms. The molecule has 0 radical (unpaired) electrons. The molecule has 1 fully saturated rings. The third-order valence-electron chi connectivity index (χ3n) is 4.11. The molecule has 2 aromatic carbocycles. The van der Waals surface area contributed by atoms with E-state index in [0.29, 0.717) is 10.6 Å². The van der Waals surface area contributed by atoms with Crippen LogP contribution in [0.1, 0.15) is 16.7 Å². The largest absolute Gasteiger partial charge is 0.325 e. The highest BCUT2D eigenvalue weighted by atomic mass is 79.9. The Morgan fingerprint density at radius 1 is 1.15 bits per heavy atom. The molecule has 0 saturated carbocycles. The van der Waals surface area contributed by atoms with Crippen molar-refractivity contribution in [1.82, 2.24) is 4.90 Å². The molecule has 0 bridgehead atoms. The number of hydrogen-bond acceptors (Lipinski definition) is 4. The molecule has 27 heavy (non-hydrogen) atoms. The average molecular weight is 445 g/mol. The Hall–Kier alpha value is -2.38. The summed E-state index contributed by atoms with van der Waals surface area (Å²) in [6, 6.07) is 13.0. The first-order chi connectivity index (χ1) is 12.8. The van der Waals surface area contributed by atoms with Crippen LogP contribution in [0.3, 0.4) is 0 Å². The van der Waals surface area contributed by atoms with E-state index >= 15 is 0 Å². The molecule has 1 saturated heterocycles. The molecule has 0 aliphatic carbocycles. The fourth-order valence-corrected chi connectivity index (χ4v) is 3.80. The monoisotopic (exact) mass is 444 g/mol. The van der Waals surface area contributed by atoms with Gasteiger partial charge in [-0.25, -0.2) is 0 Å². The number of halogens is 1. The van der Waals surface area contributed by atoms with Gasteiger partial charge in [0.25, 0.3) is 11.1 Å². The molecule has 0 spiro atoms. The molecular weight excluding hydrogens is 428 g/mol. The van der Waals surface area contributed by atoms with Crippen molar-refractivity contribution in [2.24, 2.45) is 0 Å². The Morgan fingerprint density at radius 2 is 1.93 bits per heavy atom. The Labute approximate surface area is 169 Å². The van der Waals surface area contributed by atoms with E-state index in [2.05, 4.69) is 21.2 Å². The van der Waals surface area contributed by atoms with Crippen molar-refractivity contribution in [2.75, 3.05) is 11.9 Å². The number of anilines is 1. The van der Waals surface area contributed by atoms with E-state index in [-0.39, 0.29) is 6.54 Å². The van der Waals surface area contributed by atoms with Gasteiger partial charge in [0.05, 0.1) is 4.91 Å². The van der Waals surface area contributed by atoms with Gasteiger partial charge in [-0.3, -0.25) is 19.3 Å². The van der Waals surface area contributed by atoms with Gasteiger partial charge in [0, 0.05) is 10.2 Å². The maximum Gasteiger partial charge on any atom is 0.294 e. The van der Waals surface area contributed by atoms with Crippen LogP contribution in [0.15, 0.2) is 51.8 Å². The number of hydrogen-bond donors (Lipinski definition) is 1. The van der Waals surface area contributed by atoms with Gasteiger partial charge in [0.15, 0.2) is 0 Å². The second kappa shape index (κ2) is 8.10. The van der Waals surface area contributed by atoms with E-state index < -0.39 is 17.1 Å². The Bertz CT molecular complexity index is 971. The van der Waals surface area contributed by atoms with E-state index in [0.717, 1.165) is 37.8 Å². The van der Waals surface area contributed by atoms with Crippen molar-refractivity contribution in [3.05, 3.63) is 68.5 Å². The van der Waals surface area contributed by atoms with Gasteiger partial charge in [-0.15, -0.1) is 0 Å². The molecule has 5 nitrogen and oxygen atoms in total. The first kappa shape index (κ1) is 19.4. The summed E-state index contributed by atoms with van der Waals surface area (Å²) in [6.07, 6.45) is 1.65. The first-order valence-corrected chi connectivity index (χ1v) is 9.82. The highest BCUT2D eigenvalue weighted by molar-refractivity contribution is 9.10. The zero-order valence-corrected chi connectivity index (χ0v) is 17.2. The number of nitrogens with one attached hydrogen (secondary N) is 1. The normalized spacial score (nSPS) is 15.5. The maximum absolute atomic E-state index is 12.5. The molecule has 1 heterocycles. The Morgan fingerprint density at radius 3 is 2.63 bits per heavy atom. The number of benzene rings is 2. The number of carbonyl (C=O) groups excluding carboxylic acids is 3.